The number of nitrogens with zero attached hydrogens (tertiary/aromatic N) is 3. The van der Waals surface area contributed by atoms with E-state index < -0.39 is 0 Å². The van der Waals surface area contributed by atoms with E-state index in [2.05, 4.69) is 26.0 Å². The van der Waals surface area contributed by atoms with E-state index in [1.807, 2.05) is 0 Å². The van der Waals surface area contributed by atoms with Gasteiger partial charge in [-0.2, -0.15) is 5.10 Å². The van der Waals surface area contributed by atoms with Gasteiger partial charge in [0.25, 0.3) is 0 Å². The maximum atomic E-state index is 9.00. The lowest BCUT2D eigenvalue weighted by Crippen LogP contribution is -1.87. The van der Waals surface area contributed by atoms with Crippen LogP contribution in [0.25, 0.3) is 5.65 Å². The Balaban J connectivity index is 2.86. The molecule has 1 N–H and O–H groups in total. The monoisotopic (exact) mass is 213 g/mol. The Morgan fingerprint density at radius 1 is 1.45 bits per heavy atom. The molecular formula is C6H4BrN3O. The van der Waals surface area contributed by atoms with Gasteiger partial charge in [0.1, 0.15) is 0 Å². The first-order chi connectivity index (χ1) is 5.27. The molecule has 2 aromatic heterocycles. The summed E-state index contributed by atoms with van der Waals surface area (Å²) in [6.07, 6.45) is 4.50. The van der Waals surface area contributed by atoms with Crippen molar-refractivity contribution in [1.29, 1.82) is 0 Å². The van der Waals surface area contributed by atoms with Crippen LogP contribution in [-0.2, 0) is 0 Å². The smallest absolute Gasteiger partial charge is 0.169 e. The van der Waals surface area contributed by atoms with Crippen LogP contribution < -0.4 is 0 Å². The van der Waals surface area contributed by atoms with E-state index in [0.29, 0.717) is 5.65 Å². The average molecular weight is 214 g/mol. The maximum absolute atomic E-state index is 9.00. The lowest BCUT2D eigenvalue weighted by Gasteiger charge is -1.92. The third-order valence-corrected chi connectivity index (χ3v) is 1.86. The first kappa shape index (κ1) is 6.60. The Morgan fingerprint density at radius 3 is 3.09 bits per heavy atom. The summed E-state index contributed by atoms with van der Waals surface area (Å²) < 4.78 is 2.32. The minimum Gasteiger partial charge on any atom is -0.505 e. The zero-order chi connectivity index (χ0) is 7.84. The highest BCUT2D eigenvalue weighted by molar-refractivity contribution is 9.10. The van der Waals surface area contributed by atoms with E-state index in [1.165, 1.54) is 16.9 Å². The van der Waals surface area contributed by atoms with Crippen LogP contribution in [0.1, 0.15) is 0 Å². The molecular weight excluding hydrogens is 210 g/mol. The maximum Gasteiger partial charge on any atom is 0.169 e. The van der Waals surface area contributed by atoms with Gasteiger partial charge in [0.15, 0.2) is 11.4 Å². The van der Waals surface area contributed by atoms with Gasteiger partial charge in [0.05, 0.1) is 23.1 Å². The van der Waals surface area contributed by atoms with Gasteiger partial charge in [0.2, 0.25) is 0 Å². The lowest BCUT2D eigenvalue weighted by molar-refractivity contribution is 0.467. The number of halogens is 1. The van der Waals surface area contributed by atoms with Crippen molar-refractivity contribution in [3.8, 4) is 5.75 Å². The third-order valence-electron chi connectivity index (χ3n) is 1.30. The van der Waals surface area contributed by atoms with Gasteiger partial charge in [0, 0.05) is 0 Å². The highest BCUT2D eigenvalue weighted by Gasteiger charge is 2.01. The minimum absolute atomic E-state index is 0.105. The molecule has 0 atom stereocenters. The molecule has 2 aromatic rings. The molecule has 0 saturated carbocycles. The quantitative estimate of drug-likeness (QED) is 0.716. The van der Waals surface area contributed by atoms with Crippen molar-refractivity contribution in [3.63, 3.8) is 0 Å². The minimum atomic E-state index is 0.105. The van der Waals surface area contributed by atoms with E-state index in [1.54, 1.807) is 6.20 Å². The molecule has 0 bridgehead atoms. The summed E-state index contributed by atoms with van der Waals surface area (Å²) in [4.78, 5) is 3.94. The molecule has 0 aliphatic rings. The van der Waals surface area contributed by atoms with Gasteiger partial charge in [-0.1, -0.05) is 0 Å². The van der Waals surface area contributed by atoms with Gasteiger partial charge in [-0.3, -0.25) is 0 Å². The van der Waals surface area contributed by atoms with Crippen LogP contribution >= 0.6 is 15.9 Å². The topological polar surface area (TPSA) is 50.4 Å². The Hall–Kier alpha value is -1.10. The van der Waals surface area contributed by atoms with E-state index >= 15 is 0 Å². The Kier molecular flexibility index (Phi) is 1.32. The van der Waals surface area contributed by atoms with Crippen LogP contribution in [0.5, 0.6) is 5.75 Å². The molecule has 0 spiro atoms. The van der Waals surface area contributed by atoms with Gasteiger partial charge < -0.3 is 5.11 Å². The molecule has 0 aliphatic carbocycles. The second kappa shape index (κ2) is 2.20. The van der Waals surface area contributed by atoms with Crippen molar-refractivity contribution in [3.05, 3.63) is 23.1 Å². The highest BCUT2D eigenvalue weighted by Crippen LogP contribution is 2.16. The highest BCUT2D eigenvalue weighted by atomic mass is 79.9. The van der Waals surface area contributed by atoms with Crippen LogP contribution in [-0.4, -0.2) is 19.7 Å². The van der Waals surface area contributed by atoms with Crippen LogP contribution in [0.3, 0.4) is 0 Å². The van der Waals surface area contributed by atoms with E-state index in [9.17, 15) is 0 Å². The number of fused-ring (bicyclic) bond motifs is 1. The van der Waals surface area contributed by atoms with Crippen molar-refractivity contribution in [2.75, 3.05) is 0 Å². The van der Waals surface area contributed by atoms with Crippen LogP contribution in [0.4, 0.5) is 0 Å². The zero-order valence-electron chi connectivity index (χ0n) is 5.40. The fourth-order valence-corrected chi connectivity index (χ4v) is 1.21. The largest absolute Gasteiger partial charge is 0.505 e. The molecule has 11 heavy (non-hydrogen) atoms. The molecule has 0 amide bonds. The van der Waals surface area contributed by atoms with Crippen LogP contribution in [0.15, 0.2) is 23.1 Å². The van der Waals surface area contributed by atoms with Crippen molar-refractivity contribution in [2.45, 2.75) is 0 Å². The fourth-order valence-electron chi connectivity index (χ4n) is 0.836. The fraction of sp³-hybridized carbons (Fsp3) is 0. The SMILES string of the molecule is Oc1cnc2c(Br)cnn2c1. The number of rotatable bonds is 0. The second-order valence-electron chi connectivity index (χ2n) is 2.07. The van der Waals surface area contributed by atoms with Crippen LogP contribution in [0.2, 0.25) is 0 Å². The van der Waals surface area contributed by atoms with Gasteiger partial charge in [-0.05, 0) is 15.9 Å². The number of hydrogen-bond donors (Lipinski definition) is 1. The molecule has 0 fully saturated rings. The first-order valence-electron chi connectivity index (χ1n) is 2.95. The standard InChI is InChI=1S/C6H4BrN3O/c7-5-2-9-10-3-4(11)1-8-6(5)10/h1-3,11H. The predicted molar refractivity (Wildman–Crippen MR) is 42.4 cm³/mol. The van der Waals surface area contributed by atoms with E-state index in [-0.39, 0.29) is 5.75 Å². The summed E-state index contributed by atoms with van der Waals surface area (Å²) in [6, 6.07) is 0. The van der Waals surface area contributed by atoms with Crippen LogP contribution in [0, 0.1) is 0 Å². The summed E-state index contributed by atoms with van der Waals surface area (Å²) in [7, 11) is 0. The normalized spacial score (nSPS) is 10.6. The van der Waals surface area contributed by atoms with Crippen molar-refractivity contribution < 1.29 is 5.11 Å². The Bertz CT molecular complexity index is 398. The Morgan fingerprint density at radius 2 is 2.27 bits per heavy atom. The number of aromatic nitrogens is 3. The zero-order valence-corrected chi connectivity index (χ0v) is 6.98. The van der Waals surface area contributed by atoms with Crippen molar-refractivity contribution in [2.24, 2.45) is 0 Å². The summed E-state index contributed by atoms with van der Waals surface area (Å²) in [6.45, 7) is 0. The summed E-state index contributed by atoms with van der Waals surface area (Å²) >= 11 is 3.26. The van der Waals surface area contributed by atoms with Gasteiger partial charge >= 0.3 is 0 Å². The second-order valence-corrected chi connectivity index (χ2v) is 2.93. The molecule has 0 aromatic carbocycles. The van der Waals surface area contributed by atoms with Gasteiger partial charge in [-0.25, -0.2) is 9.50 Å². The summed E-state index contributed by atoms with van der Waals surface area (Å²) in [5, 5.41) is 12.9. The average Bonchev–Trinajstić information content (AvgIpc) is 2.32. The third kappa shape index (κ3) is 0.970. The first-order valence-corrected chi connectivity index (χ1v) is 3.74. The molecule has 0 unspecified atom stereocenters. The van der Waals surface area contributed by atoms with Crippen molar-refractivity contribution in [1.82, 2.24) is 14.6 Å². The van der Waals surface area contributed by atoms with Crippen molar-refractivity contribution >= 4 is 21.6 Å². The number of hydrogen-bond acceptors (Lipinski definition) is 3. The molecule has 2 rings (SSSR count). The lowest BCUT2D eigenvalue weighted by atomic mass is 10.6. The molecule has 2 heterocycles. The van der Waals surface area contributed by atoms with Gasteiger partial charge in [-0.15, -0.1) is 0 Å². The predicted octanol–water partition coefficient (Wildman–Crippen LogP) is 1.20. The molecule has 0 aliphatic heterocycles. The molecule has 0 saturated heterocycles. The molecule has 5 heteroatoms. The summed E-state index contributed by atoms with van der Waals surface area (Å²) in [5.41, 5.74) is 0.697. The molecule has 0 radical (unpaired) electrons. The molecule has 56 valence electrons. The Labute approximate surface area is 70.6 Å². The number of aromatic hydroxyl groups is 1. The molecule has 4 nitrogen and oxygen atoms in total. The van der Waals surface area contributed by atoms with E-state index in [0.717, 1.165) is 4.47 Å². The summed E-state index contributed by atoms with van der Waals surface area (Å²) in [5.74, 6) is 0.105. The van der Waals surface area contributed by atoms with E-state index in [4.69, 9.17) is 5.11 Å².